The maximum Gasteiger partial charge on any atom is 0.428 e. The number of methoxy groups -OCH3 is 1. The number of hydrogen-bond donors (Lipinski definition) is 1. The molecule has 0 radical (unpaired) electrons. The molecule has 9 heteroatoms. The van der Waals surface area contributed by atoms with Gasteiger partial charge >= 0.3 is 11.8 Å². The summed E-state index contributed by atoms with van der Waals surface area (Å²) in [6.45, 7) is 5.17. The molecule has 0 aromatic heterocycles. The van der Waals surface area contributed by atoms with E-state index in [-0.39, 0.29) is 11.4 Å². The van der Waals surface area contributed by atoms with Crippen molar-refractivity contribution >= 4 is 18.0 Å². The van der Waals surface area contributed by atoms with E-state index in [2.05, 4.69) is 10.5 Å². The van der Waals surface area contributed by atoms with Crippen molar-refractivity contribution < 1.29 is 23.9 Å². The van der Waals surface area contributed by atoms with Crippen LogP contribution in [-0.4, -0.2) is 29.9 Å². The summed E-state index contributed by atoms with van der Waals surface area (Å²) in [5.74, 6) is 1.15. The Morgan fingerprint density at radius 1 is 1.14 bits per heavy atom. The minimum Gasteiger partial charge on any atom is -0.497 e. The normalized spacial score (nSPS) is 11.1. The van der Waals surface area contributed by atoms with Crippen LogP contribution in [0, 0.1) is 10.1 Å². The molecule has 0 unspecified atom stereocenters. The highest BCUT2D eigenvalue weighted by molar-refractivity contribution is 5.82. The van der Waals surface area contributed by atoms with Crippen LogP contribution in [-0.2, 0) is 4.74 Å². The van der Waals surface area contributed by atoms with Crippen LogP contribution in [0.4, 0.5) is 10.5 Å². The largest absolute Gasteiger partial charge is 0.497 e. The van der Waals surface area contributed by atoms with Crippen LogP contribution in [0.2, 0.25) is 0 Å². The van der Waals surface area contributed by atoms with Crippen LogP contribution in [0.25, 0.3) is 0 Å². The molecule has 0 atom stereocenters. The second-order valence-corrected chi connectivity index (χ2v) is 6.63. The Hall–Kier alpha value is -3.62. The lowest BCUT2D eigenvalue weighted by atomic mass is 10.2. The van der Waals surface area contributed by atoms with Gasteiger partial charge in [0.15, 0.2) is 0 Å². The Morgan fingerprint density at radius 3 is 2.36 bits per heavy atom. The van der Waals surface area contributed by atoms with E-state index in [0.717, 1.165) is 0 Å². The predicted molar refractivity (Wildman–Crippen MR) is 103 cm³/mol. The van der Waals surface area contributed by atoms with E-state index in [4.69, 9.17) is 14.2 Å². The molecule has 0 aliphatic rings. The second kappa shape index (κ2) is 8.85. The zero-order valence-corrected chi connectivity index (χ0v) is 16.0. The molecule has 0 aliphatic carbocycles. The van der Waals surface area contributed by atoms with E-state index in [9.17, 15) is 14.9 Å². The molecule has 148 valence electrons. The number of hydrogen-bond acceptors (Lipinski definition) is 7. The van der Waals surface area contributed by atoms with Crippen molar-refractivity contribution in [1.29, 1.82) is 0 Å². The number of amides is 1. The SMILES string of the molecule is COc1ccc(Oc2ccc(C=NNC(=O)OC(C)(C)C)cc2[N+](=O)[O-])cc1. The average molecular weight is 387 g/mol. The minimum absolute atomic E-state index is 0.0763. The lowest BCUT2D eigenvalue weighted by molar-refractivity contribution is -0.385. The molecule has 1 amide bonds. The van der Waals surface area contributed by atoms with E-state index < -0.39 is 16.6 Å². The molecule has 0 aliphatic heterocycles. The van der Waals surface area contributed by atoms with E-state index >= 15 is 0 Å². The molecule has 28 heavy (non-hydrogen) atoms. The van der Waals surface area contributed by atoms with E-state index in [0.29, 0.717) is 17.1 Å². The number of nitrogens with one attached hydrogen (secondary N) is 1. The molecule has 0 heterocycles. The van der Waals surface area contributed by atoms with Crippen LogP contribution < -0.4 is 14.9 Å². The summed E-state index contributed by atoms with van der Waals surface area (Å²) in [4.78, 5) is 22.4. The van der Waals surface area contributed by atoms with Crippen molar-refractivity contribution in [3.8, 4) is 17.2 Å². The topological polar surface area (TPSA) is 112 Å². The number of nitro groups is 1. The molecule has 0 fully saturated rings. The summed E-state index contributed by atoms with van der Waals surface area (Å²) in [5, 5.41) is 15.1. The molecular weight excluding hydrogens is 366 g/mol. The quantitative estimate of drug-likeness (QED) is 0.450. The van der Waals surface area contributed by atoms with Gasteiger partial charge in [-0.3, -0.25) is 10.1 Å². The lowest BCUT2D eigenvalue weighted by Gasteiger charge is -2.18. The van der Waals surface area contributed by atoms with Gasteiger partial charge in [-0.15, -0.1) is 0 Å². The van der Waals surface area contributed by atoms with Gasteiger partial charge in [0.2, 0.25) is 5.75 Å². The summed E-state index contributed by atoms with van der Waals surface area (Å²) in [7, 11) is 1.54. The fraction of sp³-hybridized carbons (Fsp3) is 0.263. The van der Waals surface area contributed by atoms with E-state index in [1.807, 2.05) is 0 Å². The first-order valence-electron chi connectivity index (χ1n) is 8.30. The molecule has 0 spiro atoms. The molecule has 2 aromatic rings. The maximum atomic E-state index is 11.5. The Bertz CT molecular complexity index is 872. The van der Waals surface area contributed by atoms with Crippen LogP contribution in [0.15, 0.2) is 47.6 Å². The van der Waals surface area contributed by atoms with Gasteiger partial charge in [0.05, 0.1) is 18.2 Å². The fourth-order valence-corrected chi connectivity index (χ4v) is 2.07. The highest BCUT2D eigenvalue weighted by atomic mass is 16.6. The summed E-state index contributed by atoms with van der Waals surface area (Å²) in [5.41, 5.74) is 1.71. The maximum absolute atomic E-state index is 11.5. The van der Waals surface area contributed by atoms with Gasteiger partial charge in [-0.25, -0.2) is 10.2 Å². The zero-order chi connectivity index (χ0) is 20.7. The van der Waals surface area contributed by atoms with Crippen LogP contribution in [0.5, 0.6) is 17.2 Å². The van der Waals surface area contributed by atoms with Gasteiger partial charge in [-0.2, -0.15) is 5.10 Å². The molecule has 2 rings (SSSR count). The second-order valence-electron chi connectivity index (χ2n) is 6.63. The minimum atomic E-state index is -0.724. The number of benzene rings is 2. The lowest BCUT2D eigenvalue weighted by Crippen LogP contribution is -2.29. The average Bonchev–Trinajstić information content (AvgIpc) is 2.61. The van der Waals surface area contributed by atoms with Crippen molar-refractivity contribution in [3.63, 3.8) is 0 Å². The van der Waals surface area contributed by atoms with E-state index in [1.54, 1.807) is 58.2 Å². The molecular formula is C19H21N3O6. The monoisotopic (exact) mass is 387 g/mol. The highest BCUT2D eigenvalue weighted by Crippen LogP contribution is 2.32. The van der Waals surface area contributed by atoms with Gasteiger partial charge in [-0.05, 0) is 57.2 Å². The zero-order valence-electron chi connectivity index (χ0n) is 16.0. The number of rotatable bonds is 6. The fourth-order valence-electron chi connectivity index (χ4n) is 2.07. The van der Waals surface area contributed by atoms with Crippen molar-refractivity contribution in [2.45, 2.75) is 26.4 Å². The number of nitrogens with zero attached hydrogens (tertiary/aromatic N) is 2. The Balaban J connectivity index is 2.12. The first-order valence-corrected chi connectivity index (χ1v) is 8.30. The predicted octanol–water partition coefficient (Wildman–Crippen LogP) is 4.25. The molecule has 0 saturated heterocycles. The summed E-state index contributed by atoms with van der Waals surface area (Å²) in [6, 6.07) is 11.0. The number of nitro benzene ring substituents is 1. The van der Waals surface area contributed by atoms with Gasteiger partial charge in [0.25, 0.3) is 0 Å². The highest BCUT2D eigenvalue weighted by Gasteiger charge is 2.17. The van der Waals surface area contributed by atoms with Crippen molar-refractivity contribution in [2.75, 3.05) is 7.11 Å². The van der Waals surface area contributed by atoms with Gasteiger partial charge in [-0.1, -0.05) is 0 Å². The summed E-state index contributed by atoms with van der Waals surface area (Å²) >= 11 is 0. The molecule has 0 saturated carbocycles. The third kappa shape index (κ3) is 6.27. The van der Waals surface area contributed by atoms with E-state index in [1.165, 1.54) is 18.3 Å². The molecule has 9 nitrogen and oxygen atoms in total. The van der Waals surface area contributed by atoms with Crippen molar-refractivity contribution in [1.82, 2.24) is 5.43 Å². The van der Waals surface area contributed by atoms with Crippen molar-refractivity contribution in [3.05, 3.63) is 58.1 Å². The molecule has 0 bridgehead atoms. The number of ether oxygens (including phenoxy) is 3. The first kappa shape index (κ1) is 20.7. The third-order valence-corrected chi connectivity index (χ3v) is 3.24. The standard InChI is InChI=1S/C19H21N3O6/c1-19(2,3)28-18(23)21-20-12-13-5-10-17(16(11-13)22(24)25)27-15-8-6-14(26-4)7-9-15/h5-12H,1-4H3,(H,21,23). The molecule has 1 N–H and O–H groups in total. The first-order chi connectivity index (χ1) is 13.2. The van der Waals surface area contributed by atoms with Gasteiger partial charge in [0, 0.05) is 11.6 Å². The summed E-state index contributed by atoms with van der Waals surface area (Å²) < 4.78 is 15.7. The van der Waals surface area contributed by atoms with Crippen LogP contribution in [0.3, 0.4) is 0 Å². The number of hydrazone groups is 1. The Kier molecular flexibility index (Phi) is 6.54. The summed E-state index contributed by atoms with van der Waals surface area (Å²) in [6.07, 6.45) is 0.548. The molecule has 2 aromatic carbocycles. The third-order valence-electron chi connectivity index (χ3n) is 3.24. The Morgan fingerprint density at radius 2 is 1.79 bits per heavy atom. The Labute approximate surface area is 162 Å². The van der Waals surface area contributed by atoms with Gasteiger partial charge in [0.1, 0.15) is 17.1 Å². The number of carbonyl (C=O) groups excluding carboxylic acids is 1. The van der Waals surface area contributed by atoms with Gasteiger partial charge < -0.3 is 14.2 Å². The van der Waals surface area contributed by atoms with Crippen molar-refractivity contribution in [2.24, 2.45) is 5.10 Å². The van der Waals surface area contributed by atoms with Crippen LogP contribution >= 0.6 is 0 Å². The number of carbonyl (C=O) groups is 1. The van der Waals surface area contributed by atoms with Crippen LogP contribution in [0.1, 0.15) is 26.3 Å². The smallest absolute Gasteiger partial charge is 0.428 e.